The van der Waals surface area contributed by atoms with Crippen molar-refractivity contribution < 1.29 is 14.3 Å². The molecule has 0 aliphatic heterocycles. The summed E-state index contributed by atoms with van der Waals surface area (Å²) in [7, 11) is 0. The molecule has 0 heterocycles. The number of unbranched alkanes of at least 4 members (excludes halogenated alkanes) is 1. The van der Waals surface area contributed by atoms with Crippen molar-refractivity contribution in [3.8, 4) is 17.6 Å². The predicted octanol–water partition coefficient (Wildman–Crippen LogP) is 3.59. The Kier molecular flexibility index (Phi) is 5.36. The van der Waals surface area contributed by atoms with Crippen LogP contribution >= 0.6 is 0 Å². The first-order valence-corrected chi connectivity index (χ1v) is 6.66. The van der Waals surface area contributed by atoms with Gasteiger partial charge in [0.25, 0.3) is 0 Å². The van der Waals surface area contributed by atoms with Crippen molar-refractivity contribution in [3.63, 3.8) is 0 Å². The number of hydrogen-bond acceptors (Lipinski definition) is 4. The molecule has 106 valence electrons. The predicted molar refractivity (Wildman–Crippen MR) is 78.2 cm³/mol. The Hall–Kier alpha value is -2.80. The molecular formula is C17H15NO3. The molecule has 0 N–H and O–H groups in total. The second-order valence-electron chi connectivity index (χ2n) is 4.34. The van der Waals surface area contributed by atoms with E-state index in [0.29, 0.717) is 36.5 Å². The van der Waals surface area contributed by atoms with Gasteiger partial charge in [-0.3, -0.25) is 0 Å². The maximum atomic E-state index is 11.9. The quantitative estimate of drug-likeness (QED) is 0.461. The smallest absolute Gasteiger partial charge is 0.343 e. The molecule has 0 aromatic heterocycles. The molecule has 2 aromatic rings. The van der Waals surface area contributed by atoms with Crippen LogP contribution in [0.15, 0.2) is 54.6 Å². The van der Waals surface area contributed by atoms with E-state index >= 15 is 0 Å². The zero-order chi connectivity index (χ0) is 14.9. The maximum Gasteiger partial charge on any atom is 0.343 e. The van der Waals surface area contributed by atoms with E-state index in [1.165, 1.54) is 0 Å². The van der Waals surface area contributed by atoms with Gasteiger partial charge in [-0.05, 0) is 42.8 Å². The number of hydrogen-bond donors (Lipinski definition) is 0. The van der Waals surface area contributed by atoms with Crippen molar-refractivity contribution in [2.75, 3.05) is 6.61 Å². The maximum absolute atomic E-state index is 11.9. The lowest BCUT2D eigenvalue weighted by Crippen LogP contribution is -2.08. The van der Waals surface area contributed by atoms with Gasteiger partial charge in [0.2, 0.25) is 0 Å². The summed E-state index contributed by atoms with van der Waals surface area (Å²) in [6, 6.07) is 17.7. The molecular weight excluding hydrogens is 266 g/mol. The van der Waals surface area contributed by atoms with Gasteiger partial charge >= 0.3 is 5.97 Å². The van der Waals surface area contributed by atoms with Crippen LogP contribution in [0.1, 0.15) is 23.2 Å². The van der Waals surface area contributed by atoms with E-state index in [-0.39, 0.29) is 0 Å². The average Bonchev–Trinajstić information content (AvgIpc) is 2.53. The fraction of sp³-hybridized carbons (Fsp3) is 0.176. The van der Waals surface area contributed by atoms with E-state index in [1.54, 1.807) is 48.5 Å². The SMILES string of the molecule is N#CCCCOc1ccc(C(=O)Oc2ccccc2)cc1. The molecule has 0 fully saturated rings. The van der Waals surface area contributed by atoms with Crippen molar-refractivity contribution in [2.45, 2.75) is 12.8 Å². The molecule has 0 atom stereocenters. The average molecular weight is 281 g/mol. The summed E-state index contributed by atoms with van der Waals surface area (Å²) in [4.78, 5) is 11.9. The first kappa shape index (κ1) is 14.6. The van der Waals surface area contributed by atoms with Gasteiger partial charge < -0.3 is 9.47 Å². The summed E-state index contributed by atoms with van der Waals surface area (Å²) >= 11 is 0. The molecule has 0 saturated heterocycles. The lowest BCUT2D eigenvalue weighted by atomic mass is 10.2. The Morgan fingerprint density at radius 1 is 1.00 bits per heavy atom. The topological polar surface area (TPSA) is 59.3 Å². The normalized spacial score (nSPS) is 9.67. The Balaban J connectivity index is 1.89. The van der Waals surface area contributed by atoms with Crippen LogP contribution in [-0.2, 0) is 0 Å². The van der Waals surface area contributed by atoms with Crippen molar-refractivity contribution in [3.05, 3.63) is 60.2 Å². The fourth-order valence-corrected chi connectivity index (χ4v) is 1.68. The summed E-state index contributed by atoms with van der Waals surface area (Å²) in [5, 5.41) is 8.43. The van der Waals surface area contributed by atoms with Gasteiger partial charge in [-0.15, -0.1) is 0 Å². The van der Waals surface area contributed by atoms with Gasteiger partial charge in [-0.25, -0.2) is 4.79 Å². The van der Waals surface area contributed by atoms with E-state index in [1.807, 2.05) is 6.07 Å². The van der Waals surface area contributed by atoms with Crippen LogP contribution in [0.3, 0.4) is 0 Å². The van der Waals surface area contributed by atoms with Crippen molar-refractivity contribution in [2.24, 2.45) is 0 Å². The van der Waals surface area contributed by atoms with Crippen molar-refractivity contribution >= 4 is 5.97 Å². The molecule has 0 unspecified atom stereocenters. The van der Waals surface area contributed by atoms with E-state index in [0.717, 1.165) is 0 Å². The first-order chi connectivity index (χ1) is 10.3. The number of nitriles is 1. The molecule has 4 heteroatoms. The zero-order valence-corrected chi connectivity index (χ0v) is 11.5. The molecule has 2 rings (SSSR count). The number of esters is 1. The van der Waals surface area contributed by atoms with E-state index in [9.17, 15) is 4.79 Å². The molecule has 0 aliphatic carbocycles. The minimum absolute atomic E-state index is 0.405. The number of benzene rings is 2. The second-order valence-corrected chi connectivity index (χ2v) is 4.34. The summed E-state index contributed by atoms with van der Waals surface area (Å²) in [5.41, 5.74) is 0.461. The van der Waals surface area contributed by atoms with Crippen LogP contribution in [0.5, 0.6) is 11.5 Å². The van der Waals surface area contributed by atoms with Crippen LogP contribution in [0.4, 0.5) is 0 Å². The number of nitrogens with zero attached hydrogens (tertiary/aromatic N) is 1. The van der Waals surface area contributed by atoms with Crippen LogP contribution in [-0.4, -0.2) is 12.6 Å². The van der Waals surface area contributed by atoms with Gasteiger partial charge in [-0.2, -0.15) is 5.26 Å². The molecule has 0 bridgehead atoms. The molecule has 4 nitrogen and oxygen atoms in total. The largest absolute Gasteiger partial charge is 0.494 e. The second kappa shape index (κ2) is 7.71. The minimum atomic E-state index is -0.405. The van der Waals surface area contributed by atoms with E-state index < -0.39 is 5.97 Å². The summed E-state index contributed by atoms with van der Waals surface area (Å²) < 4.78 is 10.7. The van der Waals surface area contributed by atoms with Crippen LogP contribution < -0.4 is 9.47 Å². The summed E-state index contributed by atoms with van der Waals surface area (Å²) in [6.45, 7) is 0.487. The minimum Gasteiger partial charge on any atom is -0.494 e. The highest BCUT2D eigenvalue weighted by atomic mass is 16.5. The summed E-state index contributed by atoms with van der Waals surface area (Å²) in [5.74, 6) is 0.778. The molecule has 0 saturated carbocycles. The third-order valence-electron chi connectivity index (χ3n) is 2.75. The highest BCUT2D eigenvalue weighted by Crippen LogP contribution is 2.15. The Morgan fingerprint density at radius 3 is 2.38 bits per heavy atom. The highest BCUT2D eigenvalue weighted by molar-refractivity contribution is 5.91. The van der Waals surface area contributed by atoms with Gasteiger partial charge in [0, 0.05) is 6.42 Å². The molecule has 2 aromatic carbocycles. The molecule has 0 aliphatic rings. The number of carbonyl (C=O) groups excluding carboxylic acids is 1. The molecule has 21 heavy (non-hydrogen) atoms. The summed E-state index contributed by atoms with van der Waals surface area (Å²) in [6.07, 6.45) is 1.16. The Morgan fingerprint density at radius 2 is 1.71 bits per heavy atom. The molecule has 0 amide bonds. The van der Waals surface area contributed by atoms with Crippen LogP contribution in [0.2, 0.25) is 0 Å². The molecule has 0 radical (unpaired) electrons. The van der Waals surface area contributed by atoms with E-state index in [4.69, 9.17) is 14.7 Å². The third kappa shape index (κ3) is 4.66. The number of ether oxygens (including phenoxy) is 2. The number of carbonyl (C=O) groups is 1. The number of rotatable bonds is 6. The standard InChI is InChI=1S/C17H15NO3/c18-12-4-5-13-20-15-10-8-14(9-11-15)17(19)21-16-6-2-1-3-7-16/h1-3,6-11H,4-5,13H2. The lowest BCUT2D eigenvalue weighted by molar-refractivity contribution is 0.0734. The zero-order valence-electron chi connectivity index (χ0n) is 11.5. The highest BCUT2D eigenvalue weighted by Gasteiger charge is 2.08. The van der Waals surface area contributed by atoms with Crippen molar-refractivity contribution in [1.29, 1.82) is 5.26 Å². The van der Waals surface area contributed by atoms with Crippen LogP contribution in [0, 0.1) is 11.3 Å². The van der Waals surface area contributed by atoms with Gasteiger partial charge in [0.1, 0.15) is 11.5 Å². The Labute approximate surface area is 123 Å². The van der Waals surface area contributed by atoms with Crippen molar-refractivity contribution in [1.82, 2.24) is 0 Å². The van der Waals surface area contributed by atoms with E-state index in [2.05, 4.69) is 6.07 Å². The fourth-order valence-electron chi connectivity index (χ4n) is 1.68. The third-order valence-corrected chi connectivity index (χ3v) is 2.75. The number of para-hydroxylation sites is 1. The molecule has 0 spiro atoms. The monoisotopic (exact) mass is 281 g/mol. The lowest BCUT2D eigenvalue weighted by Gasteiger charge is -2.06. The van der Waals surface area contributed by atoms with Crippen LogP contribution in [0.25, 0.3) is 0 Å². The Bertz CT molecular complexity index is 615. The van der Waals surface area contributed by atoms with Gasteiger partial charge in [0.05, 0.1) is 18.2 Å². The van der Waals surface area contributed by atoms with Gasteiger partial charge in [0.15, 0.2) is 0 Å². The van der Waals surface area contributed by atoms with Gasteiger partial charge in [-0.1, -0.05) is 18.2 Å². The first-order valence-electron chi connectivity index (χ1n) is 6.66.